The van der Waals surface area contributed by atoms with Crippen LogP contribution >= 0.6 is 15.9 Å². The van der Waals surface area contributed by atoms with Crippen LogP contribution in [0.3, 0.4) is 0 Å². The molecule has 0 saturated heterocycles. The molecule has 0 heterocycles. The molecule has 3 nitrogen and oxygen atoms in total. The summed E-state index contributed by atoms with van der Waals surface area (Å²) in [5.74, 6) is 0.464. The van der Waals surface area contributed by atoms with Crippen molar-refractivity contribution in [1.82, 2.24) is 0 Å². The van der Waals surface area contributed by atoms with Crippen LogP contribution in [0, 0.1) is 0 Å². The van der Waals surface area contributed by atoms with Gasteiger partial charge in [-0.25, -0.2) is 0 Å². The molecule has 0 saturated carbocycles. The molecule has 0 aliphatic rings. The first-order chi connectivity index (χ1) is 11.7. The summed E-state index contributed by atoms with van der Waals surface area (Å²) in [4.78, 5) is 12.0. The molecule has 0 aromatic heterocycles. The van der Waals surface area contributed by atoms with Crippen molar-refractivity contribution < 1.29 is 9.53 Å². The summed E-state index contributed by atoms with van der Waals surface area (Å²) >= 11 is 3.40. The van der Waals surface area contributed by atoms with Crippen molar-refractivity contribution in [3.63, 3.8) is 0 Å². The molecular weight excluding hydrogens is 366 g/mol. The highest BCUT2D eigenvalue weighted by Gasteiger charge is 2.06. The molecule has 0 radical (unpaired) electrons. The van der Waals surface area contributed by atoms with Crippen LogP contribution in [0.25, 0.3) is 11.1 Å². The van der Waals surface area contributed by atoms with Gasteiger partial charge in [-0.1, -0.05) is 54.6 Å². The Balaban J connectivity index is 1.57. The minimum atomic E-state index is -0.200. The van der Waals surface area contributed by atoms with E-state index in [-0.39, 0.29) is 12.5 Å². The Morgan fingerprint density at radius 2 is 1.46 bits per heavy atom. The number of nitrogens with one attached hydrogen (secondary N) is 1. The molecule has 0 atom stereocenters. The highest BCUT2D eigenvalue weighted by atomic mass is 79.9. The second kappa shape index (κ2) is 7.79. The van der Waals surface area contributed by atoms with E-state index in [1.54, 1.807) is 0 Å². The molecule has 4 heteroatoms. The maximum Gasteiger partial charge on any atom is 0.262 e. The first-order valence-electron chi connectivity index (χ1n) is 7.55. The maximum atomic E-state index is 12.0. The Hall–Kier alpha value is -2.59. The van der Waals surface area contributed by atoms with Crippen LogP contribution in [0.5, 0.6) is 5.75 Å². The van der Waals surface area contributed by atoms with E-state index < -0.39 is 0 Å². The van der Waals surface area contributed by atoms with Crippen molar-refractivity contribution in [3.8, 4) is 16.9 Å². The molecule has 0 fully saturated rings. The summed E-state index contributed by atoms with van der Waals surface area (Å²) in [6, 6.07) is 25.3. The number of hydrogen-bond donors (Lipinski definition) is 1. The van der Waals surface area contributed by atoms with Gasteiger partial charge in [0.05, 0.1) is 5.69 Å². The SMILES string of the molecule is O=C(COc1ccc(-c2ccccc2)cc1)Nc1ccccc1Br. The number of halogens is 1. The zero-order chi connectivity index (χ0) is 16.8. The smallest absolute Gasteiger partial charge is 0.262 e. The standard InChI is InChI=1S/C20H16BrNO2/c21-18-8-4-5-9-19(18)22-20(23)14-24-17-12-10-16(11-13-17)15-6-2-1-3-7-15/h1-13H,14H2,(H,22,23). The summed E-state index contributed by atoms with van der Waals surface area (Å²) in [6.45, 7) is -0.0357. The second-order valence-corrected chi connectivity index (χ2v) is 6.06. The summed E-state index contributed by atoms with van der Waals surface area (Å²) in [6.07, 6.45) is 0. The predicted octanol–water partition coefficient (Wildman–Crippen LogP) is 5.13. The molecule has 1 amide bonds. The third-order valence-corrected chi connectivity index (χ3v) is 4.17. The molecule has 3 aromatic rings. The fourth-order valence-electron chi connectivity index (χ4n) is 2.27. The predicted molar refractivity (Wildman–Crippen MR) is 100 cm³/mol. The molecule has 0 bridgehead atoms. The number of ether oxygens (including phenoxy) is 1. The van der Waals surface area contributed by atoms with Gasteiger partial charge in [-0.2, -0.15) is 0 Å². The largest absolute Gasteiger partial charge is 0.484 e. The number of carbonyl (C=O) groups excluding carboxylic acids is 1. The first kappa shape index (κ1) is 16.3. The molecule has 1 N–H and O–H groups in total. The van der Waals surface area contributed by atoms with Crippen molar-refractivity contribution >= 4 is 27.5 Å². The van der Waals surface area contributed by atoms with E-state index >= 15 is 0 Å². The van der Waals surface area contributed by atoms with E-state index in [2.05, 4.69) is 33.4 Å². The third kappa shape index (κ3) is 4.24. The van der Waals surface area contributed by atoms with Crippen LogP contribution in [-0.2, 0) is 4.79 Å². The fourth-order valence-corrected chi connectivity index (χ4v) is 2.66. The van der Waals surface area contributed by atoms with Gasteiger partial charge >= 0.3 is 0 Å². The van der Waals surface area contributed by atoms with Gasteiger partial charge in [-0.15, -0.1) is 0 Å². The summed E-state index contributed by atoms with van der Waals surface area (Å²) in [5, 5.41) is 2.81. The highest BCUT2D eigenvalue weighted by molar-refractivity contribution is 9.10. The Bertz CT molecular complexity index is 817. The lowest BCUT2D eigenvalue weighted by Crippen LogP contribution is -2.20. The number of anilines is 1. The molecular formula is C20H16BrNO2. The van der Waals surface area contributed by atoms with Crippen LogP contribution in [0.2, 0.25) is 0 Å². The van der Waals surface area contributed by atoms with Crippen molar-refractivity contribution in [1.29, 1.82) is 0 Å². The van der Waals surface area contributed by atoms with Gasteiger partial charge in [-0.05, 0) is 51.3 Å². The molecule has 0 aliphatic heterocycles. The Kier molecular flexibility index (Phi) is 5.29. The average molecular weight is 382 g/mol. The van der Waals surface area contributed by atoms with Crippen molar-refractivity contribution in [2.24, 2.45) is 0 Å². The van der Waals surface area contributed by atoms with E-state index in [0.717, 1.165) is 21.3 Å². The van der Waals surface area contributed by atoms with Gasteiger partial charge in [-0.3, -0.25) is 4.79 Å². The monoisotopic (exact) mass is 381 g/mol. The molecule has 0 unspecified atom stereocenters. The fraction of sp³-hybridized carbons (Fsp3) is 0.0500. The number of para-hydroxylation sites is 1. The van der Waals surface area contributed by atoms with Gasteiger partial charge in [0.25, 0.3) is 5.91 Å². The molecule has 24 heavy (non-hydrogen) atoms. The molecule has 120 valence electrons. The average Bonchev–Trinajstić information content (AvgIpc) is 2.63. The van der Waals surface area contributed by atoms with E-state index in [0.29, 0.717) is 5.75 Å². The lowest BCUT2D eigenvalue weighted by atomic mass is 10.1. The van der Waals surface area contributed by atoms with Gasteiger partial charge in [0.15, 0.2) is 6.61 Å². The molecule has 0 aliphatic carbocycles. The van der Waals surface area contributed by atoms with Crippen molar-refractivity contribution in [2.45, 2.75) is 0 Å². The number of hydrogen-bond acceptors (Lipinski definition) is 2. The van der Waals surface area contributed by atoms with Crippen molar-refractivity contribution in [2.75, 3.05) is 11.9 Å². The maximum absolute atomic E-state index is 12.0. The number of rotatable bonds is 5. The van der Waals surface area contributed by atoms with E-state index in [9.17, 15) is 4.79 Å². The normalized spacial score (nSPS) is 10.2. The first-order valence-corrected chi connectivity index (χ1v) is 8.34. The minimum absolute atomic E-state index is 0.0357. The van der Waals surface area contributed by atoms with E-state index in [1.165, 1.54) is 0 Å². The number of amides is 1. The van der Waals surface area contributed by atoms with Gasteiger partial charge < -0.3 is 10.1 Å². The van der Waals surface area contributed by atoms with Crippen LogP contribution in [0.4, 0.5) is 5.69 Å². The van der Waals surface area contributed by atoms with E-state index in [1.807, 2.05) is 66.7 Å². The Labute approximate surface area is 149 Å². The topological polar surface area (TPSA) is 38.3 Å². The lowest BCUT2D eigenvalue weighted by Gasteiger charge is -2.09. The van der Waals surface area contributed by atoms with Gasteiger partial charge in [0.2, 0.25) is 0 Å². The number of benzene rings is 3. The van der Waals surface area contributed by atoms with Gasteiger partial charge in [0.1, 0.15) is 5.75 Å². The molecule has 0 spiro atoms. The van der Waals surface area contributed by atoms with Crippen LogP contribution in [-0.4, -0.2) is 12.5 Å². The van der Waals surface area contributed by atoms with Crippen LogP contribution < -0.4 is 10.1 Å². The number of carbonyl (C=O) groups is 1. The molecule has 3 aromatic carbocycles. The minimum Gasteiger partial charge on any atom is -0.484 e. The van der Waals surface area contributed by atoms with Crippen LogP contribution in [0.1, 0.15) is 0 Å². The zero-order valence-electron chi connectivity index (χ0n) is 12.9. The third-order valence-electron chi connectivity index (χ3n) is 3.48. The van der Waals surface area contributed by atoms with Crippen molar-refractivity contribution in [3.05, 3.63) is 83.3 Å². The lowest BCUT2D eigenvalue weighted by molar-refractivity contribution is -0.118. The Morgan fingerprint density at radius 1 is 0.833 bits per heavy atom. The molecule has 3 rings (SSSR count). The Morgan fingerprint density at radius 3 is 2.17 bits per heavy atom. The summed E-state index contributed by atoms with van der Waals surface area (Å²) in [7, 11) is 0. The second-order valence-electron chi connectivity index (χ2n) is 5.21. The van der Waals surface area contributed by atoms with E-state index in [4.69, 9.17) is 4.74 Å². The zero-order valence-corrected chi connectivity index (χ0v) is 14.5. The summed E-state index contributed by atoms with van der Waals surface area (Å²) in [5.41, 5.74) is 2.99. The van der Waals surface area contributed by atoms with Gasteiger partial charge in [0, 0.05) is 4.47 Å². The highest BCUT2D eigenvalue weighted by Crippen LogP contribution is 2.23. The quantitative estimate of drug-likeness (QED) is 0.664. The van der Waals surface area contributed by atoms with Crippen LogP contribution in [0.15, 0.2) is 83.3 Å². The summed E-state index contributed by atoms with van der Waals surface area (Å²) < 4.78 is 6.38.